The number of nitrogens with two attached hydrogens (primary N) is 1. The second-order valence-corrected chi connectivity index (χ2v) is 5.19. The van der Waals surface area contributed by atoms with Gasteiger partial charge < -0.3 is 10.6 Å². The summed E-state index contributed by atoms with van der Waals surface area (Å²) in [5.41, 5.74) is 5.64. The summed E-state index contributed by atoms with van der Waals surface area (Å²) in [6.07, 6.45) is 1.28. The maximum absolute atomic E-state index is 11.9. The number of carbonyl (C=O) groups is 1. The maximum Gasteiger partial charge on any atom is 0.222 e. The molecule has 1 amide bonds. The Hall–Kier alpha value is -0.870. The van der Waals surface area contributed by atoms with Gasteiger partial charge in [-0.05, 0) is 31.7 Å². The number of thiophene rings is 1. The first-order valence-corrected chi connectivity index (χ1v) is 6.45. The van der Waals surface area contributed by atoms with Crippen LogP contribution in [0.4, 0.5) is 0 Å². The molecule has 0 fully saturated rings. The summed E-state index contributed by atoms with van der Waals surface area (Å²) in [7, 11) is 1.86. The molecule has 0 bridgehead atoms. The molecule has 0 aliphatic heterocycles. The minimum atomic E-state index is 0.0920. The van der Waals surface area contributed by atoms with Crippen LogP contribution in [-0.2, 0) is 4.79 Å². The van der Waals surface area contributed by atoms with E-state index < -0.39 is 0 Å². The quantitative estimate of drug-likeness (QED) is 0.859. The fourth-order valence-electron chi connectivity index (χ4n) is 1.46. The Morgan fingerprint density at radius 3 is 2.75 bits per heavy atom. The Morgan fingerprint density at radius 1 is 1.56 bits per heavy atom. The fourth-order valence-corrected chi connectivity index (χ4v) is 2.29. The Labute approximate surface area is 101 Å². The summed E-state index contributed by atoms with van der Waals surface area (Å²) in [6.45, 7) is 3.98. The van der Waals surface area contributed by atoms with Crippen molar-refractivity contribution in [3.8, 4) is 0 Å². The molecular formula is C12H20N2OS. The van der Waals surface area contributed by atoms with E-state index in [9.17, 15) is 4.79 Å². The predicted octanol–water partition coefficient (Wildman–Crippen LogP) is 2.39. The average Bonchev–Trinajstić information content (AvgIpc) is 2.77. The molecule has 0 aliphatic rings. The van der Waals surface area contributed by atoms with E-state index in [-0.39, 0.29) is 18.0 Å². The lowest BCUT2D eigenvalue weighted by molar-refractivity contribution is -0.131. The van der Waals surface area contributed by atoms with Gasteiger partial charge in [-0.2, -0.15) is 0 Å². The van der Waals surface area contributed by atoms with Gasteiger partial charge in [0.25, 0.3) is 0 Å². The van der Waals surface area contributed by atoms with Crippen LogP contribution in [0.15, 0.2) is 17.5 Å². The van der Waals surface area contributed by atoms with Gasteiger partial charge in [0, 0.05) is 24.4 Å². The summed E-state index contributed by atoms with van der Waals surface area (Å²) in [5.74, 6) is 0.165. The molecule has 0 aliphatic carbocycles. The van der Waals surface area contributed by atoms with E-state index in [0.717, 1.165) is 6.42 Å². The van der Waals surface area contributed by atoms with Crippen LogP contribution >= 0.6 is 11.3 Å². The van der Waals surface area contributed by atoms with E-state index in [0.29, 0.717) is 6.42 Å². The molecule has 1 aromatic heterocycles. The molecule has 0 saturated carbocycles. The molecule has 1 aromatic rings. The standard InChI is InChI=1S/C12H20N2OS/c1-9(13)6-7-12(15)14(3)10(2)11-5-4-8-16-11/h4-5,8-10H,6-7,13H2,1-3H3. The van der Waals surface area contributed by atoms with Crippen LogP contribution < -0.4 is 5.73 Å². The molecule has 0 saturated heterocycles. The number of amides is 1. The van der Waals surface area contributed by atoms with Gasteiger partial charge in [0.05, 0.1) is 6.04 Å². The summed E-state index contributed by atoms with van der Waals surface area (Å²) in [5, 5.41) is 2.03. The highest BCUT2D eigenvalue weighted by Gasteiger charge is 2.17. The van der Waals surface area contributed by atoms with Gasteiger partial charge in [-0.15, -0.1) is 11.3 Å². The zero-order valence-electron chi connectivity index (χ0n) is 10.1. The minimum absolute atomic E-state index is 0.0920. The minimum Gasteiger partial charge on any atom is -0.338 e. The fraction of sp³-hybridized carbons (Fsp3) is 0.583. The highest BCUT2D eigenvalue weighted by Crippen LogP contribution is 2.23. The van der Waals surface area contributed by atoms with Crippen LogP contribution in [0.1, 0.15) is 37.6 Å². The number of hydrogen-bond donors (Lipinski definition) is 1. The van der Waals surface area contributed by atoms with Gasteiger partial charge in [-0.25, -0.2) is 0 Å². The van der Waals surface area contributed by atoms with Gasteiger partial charge in [-0.3, -0.25) is 4.79 Å². The first-order valence-electron chi connectivity index (χ1n) is 5.57. The second kappa shape index (κ2) is 6.01. The monoisotopic (exact) mass is 240 g/mol. The number of rotatable bonds is 5. The molecular weight excluding hydrogens is 220 g/mol. The normalized spacial score (nSPS) is 14.5. The molecule has 2 unspecified atom stereocenters. The maximum atomic E-state index is 11.9. The van der Waals surface area contributed by atoms with Crippen molar-refractivity contribution in [1.82, 2.24) is 4.90 Å². The van der Waals surface area contributed by atoms with E-state index in [1.165, 1.54) is 4.88 Å². The molecule has 4 heteroatoms. The highest BCUT2D eigenvalue weighted by molar-refractivity contribution is 7.10. The molecule has 0 radical (unpaired) electrons. The van der Waals surface area contributed by atoms with E-state index in [4.69, 9.17) is 5.73 Å². The first kappa shape index (κ1) is 13.2. The van der Waals surface area contributed by atoms with Gasteiger partial charge in [0.1, 0.15) is 0 Å². The van der Waals surface area contributed by atoms with Crippen molar-refractivity contribution in [2.45, 2.75) is 38.8 Å². The van der Waals surface area contributed by atoms with E-state index in [1.807, 2.05) is 25.4 Å². The van der Waals surface area contributed by atoms with Gasteiger partial charge >= 0.3 is 0 Å². The number of carbonyl (C=O) groups excluding carboxylic acids is 1. The lowest BCUT2D eigenvalue weighted by atomic mass is 10.1. The Bertz CT molecular complexity index is 322. The molecule has 2 atom stereocenters. The van der Waals surface area contributed by atoms with Crippen LogP contribution in [0.3, 0.4) is 0 Å². The first-order chi connectivity index (χ1) is 7.52. The van der Waals surface area contributed by atoms with Crippen LogP contribution in [0, 0.1) is 0 Å². The van der Waals surface area contributed by atoms with Crippen molar-refractivity contribution in [2.75, 3.05) is 7.05 Å². The van der Waals surface area contributed by atoms with E-state index >= 15 is 0 Å². The molecule has 1 heterocycles. The average molecular weight is 240 g/mol. The lowest BCUT2D eigenvalue weighted by Crippen LogP contribution is -2.30. The van der Waals surface area contributed by atoms with Crippen LogP contribution in [0.2, 0.25) is 0 Å². The van der Waals surface area contributed by atoms with E-state index in [2.05, 4.69) is 13.0 Å². The smallest absolute Gasteiger partial charge is 0.222 e. The van der Waals surface area contributed by atoms with Crippen LogP contribution in [0.25, 0.3) is 0 Å². The summed E-state index contributed by atoms with van der Waals surface area (Å²) >= 11 is 1.68. The SMILES string of the molecule is CC(N)CCC(=O)N(C)C(C)c1cccs1. The molecule has 3 nitrogen and oxygen atoms in total. The molecule has 0 spiro atoms. The van der Waals surface area contributed by atoms with Crippen molar-refractivity contribution in [2.24, 2.45) is 5.73 Å². The summed E-state index contributed by atoms with van der Waals surface area (Å²) in [4.78, 5) is 14.9. The van der Waals surface area contributed by atoms with Crippen LogP contribution in [-0.4, -0.2) is 23.9 Å². The zero-order valence-corrected chi connectivity index (χ0v) is 11.0. The van der Waals surface area contributed by atoms with Crippen molar-refractivity contribution >= 4 is 17.2 Å². The van der Waals surface area contributed by atoms with Gasteiger partial charge in [0.2, 0.25) is 5.91 Å². The van der Waals surface area contributed by atoms with Crippen LogP contribution in [0.5, 0.6) is 0 Å². The van der Waals surface area contributed by atoms with Crippen molar-refractivity contribution in [3.05, 3.63) is 22.4 Å². The van der Waals surface area contributed by atoms with Gasteiger partial charge in [-0.1, -0.05) is 6.07 Å². The third-order valence-electron chi connectivity index (χ3n) is 2.74. The molecule has 1 rings (SSSR count). The molecule has 2 N–H and O–H groups in total. The van der Waals surface area contributed by atoms with Crippen molar-refractivity contribution in [1.29, 1.82) is 0 Å². The summed E-state index contributed by atoms with van der Waals surface area (Å²) < 4.78 is 0. The Morgan fingerprint density at radius 2 is 2.25 bits per heavy atom. The number of nitrogens with zero attached hydrogens (tertiary/aromatic N) is 1. The van der Waals surface area contributed by atoms with Gasteiger partial charge in [0.15, 0.2) is 0 Å². The predicted molar refractivity (Wildman–Crippen MR) is 68.4 cm³/mol. The third-order valence-corrected chi connectivity index (χ3v) is 3.79. The topological polar surface area (TPSA) is 46.3 Å². The largest absolute Gasteiger partial charge is 0.338 e. The Balaban J connectivity index is 2.50. The molecule has 0 aromatic carbocycles. The van der Waals surface area contributed by atoms with E-state index in [1.54, 1.807) is 16.2 Å². The summed E-state index contributed by atoms with van der Waals surface area (Å²) in [6, 6.07) is 4.32. The molecule has 90 valence electrons. The lowest BCUT2D eigenvalue weighted by Gasteiger charge is -2.24. The molecule has 16 heavy (non-hydrogen) atoms. The van der Waals surface area contributed by atoms with Crippen molar-refractivity contribution < 1.29 is 4.79 Å². The second-order valence-electron chi connectivity index (χ2n) is 4.21. The number of hydrogen-bond acceptors (Lipinski definition) is 3. The zero-order chi connectivity index (χ0) is 12.1. The third kappa shape index (κ3) is 3.61. The highest BCUT2D eigenvalue weighted by atomic mass is 32.1. The van der Waals surface area contributed by atoms with Crippen molar-refractivity contribution in [3.63, 3.8) is 0 Å². The Kier molecular flexibility index (Phi) is 4.96.